The number of nitrogens with zero attached hydrogens (tertiary/aromatic N) is 1. The number of carbonyl (C=O) groups excluding carboxylic acids is 2. The molecule has 40 heavy (non-hydrogen) atoms. The number of pyridine rings is 1. The van der Waals surface area contributed by atoms with Gasteiger partial charge in [0.25, 0.3) is 5.91 Å². The van der Waals surface area contributed by atoms with E-state index in [1.165, 1.54) is 0 Å². The number of amides is 1. The van der Waals surface area contributed by atoms with Gasteiger partial charge in [-0.1, -0.05) is 73.7 Å². The molecule has 0 atom stereocenters. The lowest BCUT2D eigenvalue weighted by Crippen LogP contribution is -2.22. The minimum Gasteiger partial charge on any atom is -0.489 e. The zero-order valence-electron chi connectivity index (χ0n) is 22.5. The number of aromatic nitrogens is 1. The number of aryl methyl sites for hydroxylation is 1. The molecule has 4 aromatic carbocycles. The lowest BCUT2D eigenvalue weighted by atomic mass is 9.97. The SMILES string of the molecule is CCc1ccccc1NC(=O)COC(=O)c1c(C)c(-c2ccc(OCc3ccccc3)cc2)nc2ccccc12. The van der Waals surface area contributed by atoms with E-state index < -0.39 is 18.5 Å². The summed E-state index contributed by atoms with van der Waals surface area (Å²) in [6.45, 7) is 3.95. The lowest BCUT2D eigenvalue weighted by Gasteiger charge is -2.15. The average molecular weight is 531 g/mol. The van der Waals surface area contributed by atoms with Gasteiger partial charge in [-0.2, -0.15) is 0 Å². The van der Waals surface area contributed by atoms with Crippen molar-refractivity contribution in [3.8, 4) is 17.0 Å². The molecule has 0 fully saturated rings. The highest BCUT2D eigenvalue weighted by atomic mass is 16.5. The van der Waals surface area contributed by atoms with Crippen molar-refractivity contribution in [3.05, 3.63) is 125 Å². The van der Waals surface area contributed by atoms with Gasteiger partial charge in [0, 0.05) is 16.6 Å². The van der Waals surface area contributed by atoms with Crippen molar-refractivity contribution < 1.29 is 19.1 Å². The number of ether oxygens (including phenoxy) is 2. The third kappa shape index (κ3) is 6.02. The minimum atomic E-state index is -0.570. The maximum absolute atomic E-state index is 13.4. The molecule has 200 valence electrons. The Hall–Kier alpha value is -4.97. The Labute approximate surface area is 233 Å². The molecule has 0 unspecified atom stereocenters. The number of anilines is 1. The molecule has 6 nitrogen and oxygen atoms in total. The monoisotopic (exact) mass is 530 g/mol. The molecule has 1 heterocycles. The summed E-state index contributed by atoms with van der Waals surface area (Å²) in [5.41, 5.74) is 6.07. The van der Waals surface area contributed by atoms with Crippen molar-refractivity contribution in [2.24, 2.45) is 0 Å². The molecule has 5 rings (SSSR count). The molecule has 1 amide bonds. The topological polar surface area (TPSA) is 77.5 Å². The summed E-state index contributed by atoms with van der Waals surface area (Å²) in [5, 5.41) is 3.52. The van der Waals surface area contributed by atoms with Gasteiger partial charge in [-0.05, 0) is 66.4 Å². The summed E-state index contributed by atoms with van der Waals surface area (Å²) in [7, 11) is 0. The van der Waals surface area contributed by atoms with Crippen LogP contribution in [0.25, 0.3) is 22.2 Å². The van der Waals surface area contributed by atoms with Gasteiger partial charge in [-0.3, -0.25) is 4.79 Å². The predicted molar refractivity (Wildman–Crippen MR) is 157 cm³/mol. The second-order valence-electron chi connectivity index (χ2n) is 9.41. The van der Waals surface area contributed by atoms with Gasteiger partial charge < -0.3 is 14.8 Å². The molecule has 0 aliphatic rings. The molecular weight excluding hydrogens is 500 g/mol. The summed E-state index contributed by atoms with van der Waals surface area (Å²) in [4.78, 5) is 30.8. The Morgan fingerprint density at radius 1 is 0.825 bits per heavy atom. The number of hydrogen-bond donors (Lipinski definition) is 1. The van der Waals surface area contributed by atoms with Gasteiger partial charge in [0.2, 0.25) is 0 Å². The maximum Gasteiger partial charge on any atom is 0.339 e. The second-order valence-corrected chi connectivity index (χ2v) is 9.41. The molecule has 0 saturated carbocycles. The van der Waals surface area contributed by atoms with Crippen LogP contribution in [-0.4, -0.2) is 23.5 Å². The Kier molecular flexibility index (Phi) is 8.16. The van der Waals surface area contributed by atoms with E-state index in [0.717, 1.165) is 34.5 Å². The van der Waals surface area contributed by atoms with E-state index >= 15 is 0 Å². The Morgan fingerprint density at radius 2 is 1.52 bits per heavy atom. The number of carbonyl (C=O) groups is 2. The Morgan fingerprint density at radius 3 is 2.30 bits per heavy atom. The van der Waals surface area contributed by atoms with Crippen molar-refractivity contribution in [3.63, 3.8) is 0 Å². The first-order chi connectivity index (χ1) is 19.5. The van der Waals surface area contributed by atoms with Crippen molar-refractivity contribution in [1.82, 2.24) is 4.98 Å². The van der Waals surface area contributed by atoms with Gasteiger partial charge in [0.15, 0.2) is 6.61 Å². The van der Waals surface area contributed by atoms with E-state index in [1.54, 1.807) is 0 Å². The molecule has 0 radical (unpaired) electrons. The van der Waals surface area contributed by atoms with Crippen molar-refractivity contribution in [2.45, 2.75) is 26.9 Å². The fourth-order valence-electron chi connectivity index (χ4n) is 4.64. The van der Waals surface area contributed by atoms with Crippen molar-refractivity contribution >= 4 is 28.5 Å². The zero-order valence-corrected chi connectivity index (χ0v) is 22.5. The quantitative estimate of drug-likeness (QED) is 0.205. The molecule has 0 saturated heterocycles. The van der Waals surface area contributed by atoms with E-state index in [0.29, 0.717) is 34.3 Å². The van der Waals surface area contributed by atoms with Crippen LogP contribution in [0.4, 0.5) is 5.69 Å². The summed E-state index contributed by atoms with van der Waals surface area (Å²) in [6, 6.07) is 32.6. The molecular formula is C34H30N2O4. The molecule has 0 spiro atoms. The number of benzene rings is 4. The van der Waals surface area contributed by atoms with Gasteiger partial charge in [0.05, 0.1) is 16.8 Å². The summed E-state index contributed by atoms with van der Waals surface area (Å²) in [5.74, 6) is -0.225. The van der Waals surface area contributed by atoms with E-state index in [-0.39, 0.29) is 0 Å². The zero-order chi connectivity index (χ0) is 27.9. The fraction of sp³-hybridized carbons (Fsp3) is 0.147. The number of esters is 1. The molecule has 5 aromatic rings. The smallest absolute Gasteiger partial charge is 0.339 e. The van der Waals surface area contributed by atoms with Crippen molar-refractivity contribution in [2.75, 3.05) is 11.9 Å². The second kappa shape index (κ2) is 12.3. The van der Waals surface area contributed by atoms with Gasteiger partial charge >= 0.3 is 5.97 Å². The highest BCUT2D eigenvalue weighted by Gasteiger charge is 2.21. The van der Waals surface area contributed by atoms with E-state index in [2.05, 4.69) is 5.32 Å². The van der Waals surface area contributed by atoms with Crippen LogP contribution in [0.2, 0.25) is 0 Å². The molecule has 0 aliphatic carbocycles. The van der Waals surface area contributed by atoms with Crippen LogP contribution in [0.1, 0.15) is 34.0 Å². The first-order valence-corrected chi connectivity index (χ1v) is 13.2. The lowest BCUT2D eigenvalue weighted by molar-refractivity contribution is -0.119. The molecule has 0 bridgehead atoms. The number of nitrogens with one attached hydrogen (secondary N) is 1. The van der Waals surface area contributed by atoms with Gasteiger partial charge in [-0.15, -0.1) is 0 Å². The highest BCUT2D eigenvalue weighted by molar-refractivity contribution is 6.07. The van der Waals surface area contributed by atoms with E-state index in [4.69, 9.17) is 14.5 Å². The van der Waals surface area contributed by atoms with Crippen LogP contribution < -0.4 is 10.1 Å². The molecule has 0 aliphatic heterocycles. The molecule has 1 aromatic heterocycles. The van der Waals surface area contributed by atoms with Gasteiger partial charge in [0.1, 0.15) is 12.4 Å². The first kappa shape index (κ1) is 26.6. The van der Waals surface area contributed by atoms with Crippen LogP contribution >= 0.6 is 0 Å². The maximum atomic E-state index is 13.4. The average Bonchev–Trinajstić information content (AvgIpc) is 2.99. The number of fused-ring (bicyclic) bond motifs is 1. The van der Waals surface area contributed by atoms with Crippen LogP contribution in [0.5, 0.6) is 5.75 Å². The van der Waals surface area contributed by atoms with E-state index in [9.17, 15) is 9.59 Å². The first-order valence-electron chi connectivity index (χ1n) is 13.2. The molecule has 6 heteroatoms. The third-order valence-corrected chi connectivity index (χ3v) is 6.72. The Bertz CT molecular complexity index is 1650. The predicted octanol–water partition coefficient (Wildman–Crippen LogP) is 7.15. The number of hydrogen-bond acceptors (Lipinski definition) is 5. The largest absolute Gasteiger partial charge is 0.489 e. The fourth-order valence-corrected chi connectivity index (χ4v) is 4.64. The summed E-state index contributed by atoms with van der Waals surface area (Å²) < 4.78 is 11.4. The Balaban J connectivity index is 1.36. The van der Waals surface area contributed by atoms with Crippen LogP contribution in [-0.2, 0) is 22.6 Å². The normalized spacial score (nSPS) is 10.8. The van der Waals surface area contributed by atoms with Crippen LogP contribution in [0.15, 0.2) is 103 Å². The summed E-state index contributed by atoms with van der Waals surface area (Å²) in [6.07, 6.45) is 0.779. The van der Waals surface area contributed by atoms with E-state index in [1.807, 2.05) is 117 Å². The third-order valence-electron chi connectivity index (χ3n) is 6.72. The number of para-hydroxylation sites is 2. The summed E-state index contributed by atoms with van der Waals surface area (Å²) >= 11 is 0. The standard InChI is InChI=1S/C34H30N2O4/c1-3-25-13-7-9-15-29(25)35-31(37)22-40-34(38)32-23(2)33(36-30-16-10-8-14-28(30)32)26-17-19-27(20-18-26)39-21-24-11-5-4-6-12-24/h4-20H,3,21-22H2,1-2H3,(H,35,37). The minimum absolute atomic E-state index is 0.392. The van der Waals surface area contributed by atoms with Crippen molar-refractivity contribution in [1.29, 1.82) is 0 Å². The van der Waals surface area contributed by atoms with Gasteiger partial charge in [-0.25, -0.2) is 9.78 Å². The number of rotatable bonds is 9. The van der Waals surface area contributed by atoms with Crippen LogP contribution in [0.3, 0.4) is 0 Å². The highest BCUT2D eigenvalue weighted by Crippen LogP contribution is 2.31. The van der Waals surface area contributed by atoms with Crippen LogP contribution in [0, 0.1) is 6.92 Å². The molecule has 1 N–H and O–H groups in total.